The fourth-order valence-corrected chi connectivity index (χ4v) is 2.42. The van der Waals surface area contributed by atoms with Gasteiger partial charge >= 0.3 is 12.7 Å². The summed E-state index contributed by atoms with van der Waals surface area (Å²) in [5.74, 6) is -2.49. The summed E-state index contributed by atoms with van der Waals surface area (Å²) in [4.78, 5) is 0. The first-order chi connectivity index (χ1) is 14.3. The van der Waals surface area contributed by atoms with Crippen LogP contribution in [0.2, 0.25) is 0 Å². The van der Waals surface area contributed by atoms with Crippen LogP contribution < -0.4 is 9.47 Å². The molecule has 0 bridgehead atoms. The maximum Gasteiger partial charge on any atom is 0.573 e. The molecule has 0 aromatic heterocycles. The summed E-state index contributed by atoms with van der Waals surface area (Å²) in [5, 5.41) is 14.0. The zero-order valence-corrected chi connectivity index (χ0v) is 15.9. The number of hydrogen-bond donors (Lipinski definition) is 0. The molecule has 8 nitrogen and oxygen atoms in total. The van der Waals surface area contributed by atoms with Crippen LogP contribution in [-0.2, 0) is 9.84 Å². The number of halogens is 6. The standard InChI is InChI=1S/C16H12F6N4O4S/c17-15(18,19)29-13-5-1-11(2-6-13)25-23-9-31(27,28)10-24-26-12-3-7-14(8-4-12)30-16(20,21)22/h1-8H,9-10H2. The lowest BCUT2D eigenvalue weighted by Crippen LogP contribution is -2.16. The van der Waals surface area contributed by atoms with Gasteiger partial charge in [-0.15, -0.1) is 26.3 Å². The summed E-state index contributed by atoms with van der Waals surface area (Å²) in [6.45, 7) is 0. The molecule has 0 saturated heterocycles. The van der Waals surface area contributed by atoms with Gasteiger partial charge in [-0.2, -0.15) is 20.5 Å². The first-order valence-electron chi connectivity index (χ1n) is 7.98. The van der Waals surface area contributed by atoms with Gasteiger partial charge in [0.2, 0.25) is 0 Å². The predicted octanol–water partition coefficient (Wildman–Crippen LogP) is 5.68. The Morgan fingerprint density at radius 1 is 0.645 bits per heavy atom. The number of ether oxygens (including phenoxy) is 2. The van der Waals surface area contributed by atoms with Gasteiger partial charge in [0.1, 0.15) is 11.5 Å². The molecule has 0 aliphatic rings. The Balaban J connectivity index is 1.86. The molecule has 0 saturated carbocycles. The van der Waals surface area contributed by atoms with Crippen LogP contribution in [0, 0.1) is 0 Å². The van der Waals surface area contributed by atoms with Crippen LogP contribution in [0.15, 0.2) is 69.0 Å². The molecule has 0 aliphatic heterocycles. The summed E-state index contributed by atoms with van der Waals surface area (Å²) in [5.41, 5.74) is 0.181. The number of benzene rings is 2. The highest BCUT2D eigenvalue weighted by molar-refractivity contribution is 7.91. The van der Waals surface area contributed by atoms with E-state index in [9.17, 15) is 34.8 Å². The molecule has 0 heterocycles. The highest BCUT2D eigenvalue weighted by Crippen LogP contribution is 2.26. The molecule has 0 fully saturated rings. The van der Waals surface area contributed by atoms with E-state index in [-0.39, 0.29) is 11.4 Å². The Bertz CT molecular complexity index is 943. The van der Waals surface area contributed by atoms with Crippen LogP contribution in [0.3, 0.4) is 0 Å². The van der Waals surface area contributed by atoms with E-state index in [0.717, 1.165) is 48.5 Å². The quantitative estimate of drug-likeness (QED) is 0.366. The van der Waals surface area contributed by atoms with Gasteiger partial charge in [0.25, 0.3) is 0 Å². The molecule has 0 aliphatic carbocycles. The van der Waals surface area contributed by atoms with Crippen molar-refractivity contribution in [2.75, 3.05) is 11.8 Å². The Morgan fingerprint density at radius 3 is 1.26 bits per heavy atom. The second-order valence-corrected chi connectivity index (χ2v) is 7.57. The topological polar surface area (TPSA) is 102 Å². The van der Waals surface area contributed by atoms with Gasteiger partial charge < -0.3 is 9.47 Å². The largest absolute Gasteiger partial charge is 0.573 e. The van der Waals surface area contributed by atoms with Crippen molar-refractivity contribution in [3.8, 4) is 11.5 Å². The van der Waals surface area contributed by atoms with Crippen LogP contribution >= 0.6 is 0 Å². The number of alkyl halides is 6. The van der Waals surface area contributed by atoms with Gasteiger partial charge in [-0.05, 0) is 48.5 Å². The fourth-order valence-electron chi connectivity index (χ4n) is 1.87. The smallest absolute Gasteiger partial charge is 0.406 e. The molecule has 31 heavy (non-hydrogen) atoms. The molecular formula is C16H12F6N4O4S. The van der Waals surface area contributed by atoms with Crippen molar-refractivity contribution >= 4 is 21.2 Å². The minimum atomic E-state index is -4.84. The van der Waals surface area contributed by atoms with Crippen LogP contribution in [0.4, 0.5) is 37.7 Å². The Labute approximate surface area is 171 Å². The van der Waals surface area contributed by atoms with Crippen LogP contribution in [0.25, 0.3) is 0 Å². The lowest BCUT2D eigenvalue weighted by atomic mass is 10.3. The molecule has 0 N–H and O–H groups in total. The number of azo groups is 2. The fraction of sp³-hybridized carbons (Fsp3) is 0.250. The van der Waals surface area contributed by atoms with Crippen molar-refractivity contribution in [2.24, 2.45) is 20.5 Å². The number of sulfone groups is 1. The van der Waals surface area contributed by atoms with Gasteiger partial charge in [0.05, 0.1) is 11.4 Å². The third-order valence-electron chi connectivity index (χ3n) is 3.02. The monoisotopic (exact) mass is 470 g/mol. The molecule has 168 valence electrons. The van der Waals surface area contributed by atoms with Crippen LogP contribution in [0.1, 0.15) is 0 Å². The zero-order chi connectivity index (χ0) is 23.1. The SMILES string of the molecule is O=S(=O)(CN=Nc1ccc(OC(F)(F)F)cc1)CN=Nc1ccc(OC(F)(F)F)cc1. The molecule has 15 heteroatoms. The molecule has 0 amide bonds. The molecule has 0 radical (unpaired) electrons. The normalized spacial score (nSPS) is 13.1. The first-order valence-corrected chi connectivity index (χ1v) is 9.80. The summed E-state index contributed by atoms with van der Waals surface area (Å²) in [7, 11) is -3.85. The van der Waals surface area contributed by atoms with E-state index in [4.69, 9.17) is 0 Å². The van der Waals surface area contributed by atoms with Crippen LogP contribution in [-0.4, -0.2) is 32.9 Å². The molecule has 0 unspecified atom stereocenters. The Morgan fingerprint density at radius 2 is 0.968 bits per heavy atom. The molecule has 2 aromatic rings. The van der Waals surface area contributed by atoms with E-state index in [2.05, 4.69) is 29.9 Å². The molecule has 2 rings (SSSR count). The highest BCUT2D eigenvalue weighted by atomic mass is 32.2. The van der Waals surface area contributed by atoms with Gasteiger partial charge in [-0.25, -0.2) is 8.42 Å². The summed E-state index contributed by atoms with van der Waals surface area (Å²) < 4.78 is 103. The van der Waals surface area contributed by atoms with E-state index in [0.29, 0.717) is 0 Å². The zero-order valence-electron chi connectivity index (χ0n) is 15.1. The molecular weight excluding hydrogens is 458 g/mol. The van der Waals surface area contributed by atoms with E-state index in [1.807, 2.05) is 0 Å². The van der Waals surface area contributed by atoms with Crippen molar-refractivity contribution in [1.29, 1.82) is 0 Å². The molecule has 0 spiro atoms. The summed E-state index contributed by atoms with van der Waals surface area (Å²) >= 11 is 0. The first kappa shape index (κ1) is 24.0. The van der Waals surface area contributed by atoms with Gasteiger partial charge in [0.15, 0.2) is 21.6 Å². The van der Waals surface area contributed by atoms with Gasteiger partial charge in [0, 0.05) is 0 Å². The van der Waals surface area contributed by atoms with Crippen molar-refractivity contribution in [3.63, 3.8) is 0 Å². The maximum absolute atomic E-state index is 12.1. The van der Waals surface area contributed by atoms with Gasteiger partial charge in [-0.1, -0.05) is 0 Å². The van der Waals surface area contributed by atoms with Crippen molar-refractivity contribution in [1.82, 2.24) is 0 Å². The van der Waals surface area contributed by atoms with E-state index < -0.39 is 45.8 Å². The Kier molecular flexibility index (Phi) is 7.54. The Hall–Kier alpha value is -3.23. The second-order valence-electron chi connectivity index (χ2n) is 5.57. The van der Waals surface area contributed by atoms with Crippen LogP contribution in [0.5, 0.6) is 11.5 Å². The van der Waals surface area contributed by atoms with Crippen molar-refractivity contribution in [3.05, 3.63) is 48.5 Å². The number of hydrogen-bond acceptors (Lipinski definition) is 8. The van der Waals surface area contributed by atoms with Crippen molar-refractivity contribution < 1.29 is 44.2 Å². The maximum atomic E-state index is 12.1. The molecule has 0 atom stereocenters. The third kappa shape index (κ3) is 9.88. The average molecular weight is 470 g/mol. The minimum absolute atomic E-state index is 0.0903. The molecule has 2 aromatic carbocycles. The number of rotatable bonds is 8. The number of nitrogens with zero attached hydrogens (tertiary/aromatic N) is 4. The summed E-state index contributed by atoms with van der Waals surface area (Å²) in [6.07, 6.45) is -9.69. The second kappa shape index (κ2) is 9.72. The van der Waals surface area contributed by atoms with Crippen molar-refractivity contribution in [2.45, 2.75) is 12.7 Å². The van der Waals surface area contributed by atoms with E-state index in [1.54, 1.807) is 0 Å². The highest BCUT2D eigenvalue weighted by Gasteiger charge is 2.31. The van der Waals surface area contributed by atoms with E-state index in [1.165, 1.54) is 0 Å². The lowest BCUT2D eigenvalue weighted by Gasteiger charge is -2.08. The van der Waals surface area contributed by atoms with Gasteiger partial charge in [-0.3, -0.25) is 0 Å². The summed E-state index contributed by atoms with van der Waals surface area (Å²) in [6, 6.07) is 8.49. The minimum Gasteiger partial charge on any atom is -0.406 e. The average Bonchev–Trinajstić information content (AvgIpc) is 2.62. The van der Waals surface area contributed by atoms with E-state index >= 15 is 0 Å². The third-order valence-corrected chi connectivity index (χ3v) is 4.04. The predicted molar refractivity (Wildman–Crippen MR) is 93.9 cm³/mol. The lowest BCUT2D eigenvalue weighted by molar-refractivity contribution is -0.275.